The standard InChI is InChI=1S/C16H19Cl4N3O2/c1-2-3-14(24)23-8-6-22(7-9-23)13-5-4-11(10-12(13)17)21-15(25)16(18,19)20/h4-5,10H,2-3,6-9H2,1H3,(H,21,25). The van der Waals surface area contributed by atoms with Gasteiger partial charge in [-0.15, -0.1) is 0 Å². The number of rotatable bonds is 4. The van der Waals surface area contributed by atoms with Crippen LogP contribution in [0.1, 0.15) is 19.8 Å². The molecule has 0 spiro atoms. The van der Waals surface area contributed by atoms with Gasteiger partial charge in [-0.3, -0.25) is 9.59 Å². The van der Waals surface area contributed by atoms with Gasteiger partial charge in [-0.25, -0.2) is 0 Å². The lowest BCUT2D eigenvalue weighted by Gasteiger charge is -2.36. The summed E-state index contributed by atoms with van der Waals surface area (Å²) >= 11 is 22.9. The Kier molecular flexibility index (Phi) is 7.09. The average molecular weight is 427 g/mol. The van der Waals surface area contributed by atoms with Gasteiger partial charge < -0.3 is 15.1 Å². The highest BCUT2D eigenvalue weighted by molar-refractivity contribution is 6.76. The molecule has 1 aliphatic heterocycles. The van der Waals surface area contributed by atoms with Crippen molar-refractivity contribution in [3.05, 3.63) is 23.2 Å². The zero-order chi connectivity index (χ0) is 18.6. The summed E-state index contributed by atoms with van der Waals surface area (Å²) in [5.41, 5.74) is 1.29. The number of amides is 2. The molecule has 0 aromatic heterocycles. The quantitative estimate of drug-likeness (QED) is 0.737. The van der Waals surface area contributed by atoms with Gasteiger partial charge in [0.25, 0.3) is 9.70 Å². The number of hydrogen-bond acceptors (Lipinski definition) is 3. The van der Waals surface area contributed by atoms with Crippen molar-refractivity contribution in [2.45, 2.75) is 23.6 Å². The van der Waals surface area contributed by atoms with E-state index in [0.29, 0.717) is 43.3 Å². The van der Waals surface area contributed by atoms with Crippen LogP contribution in [-0.2, 0) is 9.59 Å². The first-order valence-electron chi connectivity index (χ1n) is 7.92. The van der Waals surface area contributed by atoms with Gasteiger partial charge in [0.15, 0.2) is 0 Å². The molecule has 1 aromatic carbocycles. The Morgan fingerprint density at radius 3 is 2.32 bits per heavy atom. The van der Waals surface area contributed by atoms with Crippen molar-refractivity contribution in [3.63, 3.8) is 0 Å². The van der Waals surface area contributed by atoms with E-state index in [1.54, 1.807) is 18.2 Å². The van der Waals surface area contributed by atoms with Crippen LogP contribution in [0.15, 0.2) is 18.2 Å². The Bertz CT molecular complexity index is 641. The van der Waals surface area contributed by atoms with Crippen molar-refractivity contribution in [1.29, 1.82) is 0 Å². The first kappa shape index (κ1) is 20.4. The van der Waals surface area contributed by atoms with Crippen LogP contribution in [0.4, 0.5) is 11.4 Å². The fourth-order valence-corrected chi connectivity index (χ4v) is 3.05. The molecule has 25 heavy (non-hydrogen) atoms. The molecule has 0 saturated carbocycles. The van der Waals surface area contributed by atoms with Gasteiger partial charge in [-0.1, -0.05) is 53.3 Å². The van der Waals surface area contributed by atoms with Crippen LogP contribution < -0.4 is 10.2 Å². The van der Waals surface area contributed by atoms with Crippen molar-refractivity contribution >= 4 is 69.6 Å². The van der Waals surface area contributed by atoms with Crippen LogP contribution in [0.2, 0.25) is 5.02 Å². The Balaban J connectivity index is 2.00. The monoisotopic (exact) mass is 425 g/mol. The molecule has 0 atom stereocenters. The predicted octanol–water partition coefficient (Wildman–Crippen LogP) is 4.10. The second kappa shape index (κ2) is 8.67. The summed E-state index contributed by atoms with van der Waals surface area (Å²) in [5.74, 6) is -0.553. The van der Waals surface area contributed by atoms with Crippen LogP contribution in [0.5, 0.6) is 0 Å². The zero-order valence-electron chi connectivity index (χ0n) is 13.7. The minimum atomic E-state index is -2.04. The maximum absolute atomic E-state index is 11.9. The SMILES string of the molecule is CCCC(=O)N1CCN(c2ccc(NC(=O)C(Cl)(Cl)Cl)cc2Cl)CC1. The van der Waals surface area contributed by atoms with Crippen LogP contribution in [0.3, 0.4) is 0 Å². The normalized spacial score (nSPS) is 15.2. The third-order valence-electron chi connectivity index (χ3n) is 3.90. The first-order chi connectivity index (χ1) is 11.7. The zero-order valence-corrected chi connectivity index (χ0v) is 16.7. The number of carbonyl (C=O) groups is 2. The molecule has 1 saturated heterocycles. The molecule has 9 heteroatoms. The molecule has 1 fully saturated rings. The maximum atomic E-state index is 11.9. The molecule has 0 bridgehead atoms. The Morgan fingerprint density at radius 2 is 1.80 bits per heavy atom. The van der Waals surface area contributed by atoms with E-state index in [9.17, 15) is 9.59 Å². The summed E-state index contributed by atoms with van der Waals surface area (Å²) in [6.45, 7) is 4.74. The molecular weight excluding hydrogens is 408 g/mol. The number of benzene rings is 1. The number of carbonyl (C=O) groups excluding carboxylic acids is 2. The molecule has 0 aliphatic carbocycles. The van der Waals surface area contributed by atoms with Gasteiger partial charge in [0.1, 0.15) is 0 Å². The van der Waals surface area contributed by atoms with Crippen molar-refractivity contribution in [2.75, 3.05) is 36.4 Å². The van der Waals surface area contributed by atoms with E-state index < -0.39 is 9.70 Å². The minimum Gasteiger partial charge on any atom is -0.367 e. The fourth-order valence-electron chi connectivity index (χ4n) is 2.61. The second-order valence-corrected chi connectivity index (χ2v) is 8.42. The Hall–Kier alpha value is -0.880. The van der Waals surface area contributed by atoms with Crippen molar-refractivity contribution < 1.29 is 9.59 Å². The van der Waals surface area contributed by atoms with Gasteiger partial charge in [-0.2, -0.15) is 0 Å². The highest BCUT2D eigenvalue weighted by Crippen LogP contribution is 2.32. The van der Waals surface area contributed by atoms with Gasteiger partial charge in [-0.05, 0) is 24.6 Å². The smallest absolute Gasteiger partial charge is 0.276 e. The van der Waals surface area contributed by atoms with Crippen molar-refractivity contribution in [1.82, 2.24) is 4.90 Å². The number of alkyl halides is 3. The van der Waals surface area contributed by atoms with Crippen LogP contribution in [0, 0.1) is 0 Å². The molecular formula is C16H19Cl4N3O2. The minimum absolute atomic E-state index is 0.193. The van der Waals surface area contributed by atoms with Crippen LogP contribution >= 0.6 is 46.4 Å². The first-order valence-corrected chi connectivity index (χ1v) is 9.44. The van der Waals surface area contributed by atoms with Crippen molar-refractivity contribution in [3.8, 4) is 0 Å². The van der Waals surface area contributed by atoms with E-state index in [0.717, 1.165) is 12.1 Å². The summed E-state index contributed by atoms with van der Waals surface area (Å²) < 4.78 is -2.04. The summed E-state index contributed by atoms with van der Waals surface area (Å²) in [5, 5.41) is 2.98. The summed E-state index contributed by atoms with van der Waals surface area (Å²) in [6, 6.07) is 5.11. The summed E-state index contributed by atoms with van der Waals surface area (Å²) in [7, 11) is 0. The number of anilines is 2. The summed E-state index contributed by atoms with van der Waals surface area (Å²) in [4.78, 5) is 27.6. The van der Waals surface area contributed by atoms with Gasteiger partial charge in [0.2, 0.25) is 5.91 Å². The molecule has 1 aromatic rings. The Labute approximate surface area is 167 Å². The van der Waals surface area contributed by atoms with Crippen molar-refractivity contribution in [2.24, 2.45) is 0 Å². The molecule has 1 N–H and O–H groups in total. The highest BCUT2D eigenvalue weighted by Gasteiger charge is 2.30. The molecule has 0 unspecified atom stereocenters. The molecule has 1 aliphatic rings. The van der Waals surface area contributed by atoms with E-state index >= 15 is 0 Å². The van der Waals surface area contributed by atoms with Crippen LogP contribution in [-0.4, -0.2) is 46.7 Å². The van der Waals surface area contributed by atoms with Gasteiger partial charge >= 0.3 is 0 Å². The number of nitrogens with one attached hydrogen (secondary N) is 1. The lowest BCUT2D eigenvalue weighted by Crippen LogP contribution is -2.48. The number of halogens is 4. The molecule has 2 amide bonds. The lowest BCUT2D eigenvalue weighted by atomic mass is 10.2. The topological polar surface area (TPSA) is 52.7 Å². The van der Waals surface area contributed by atoms with Gasteiger partial charge in [0, 0.05) is 38.3 Å². The average Bonchev–Trinajstić information content (AvgIpc) is 2.54. The van der Waals surface area contributed by atoms with E-state index in [2.05, 4.69) is 10.2 Å². The maximum Gasteiger partial charge on any atom is 0.276 e. The molecule has 138 valence electrons. The third kappa shape index (κ3) is 5.55. The molecule has 0 radical (unpaired) electrons. The largest absolute Gasteiger partial charge is 0.367 e. The van der Waals surface area contributed by atoms with E-state index in [1.807, 2.05) is 11.8 Å². The Morgan fingerprint density at radius 1 is 1.16 bits per heavy atom. The van der Waals surface area contributed by atoms with E-state index in [1.165, 1.54) is 0 Å². The highest BCUT2D eigenvalue weighted by atomic mass is 35.6. The second-order valence-electron chi connectivity index (χ2n) is 5.74. The van der Waals surface area contributed by atoms with Gasteiger partial charge in [0.05, 0.1) is 10.7 Å². The molecule has 5 nitrogen and oxygen atoms in total. The molecule has 1 heterocycles. The number of nitrogens with zero attached hydrogens (tertiary/aromatic N) is 2. The van der Waals surface area contributed by atoms with E-state index in [4.69, 9.17) is 46.4 Å². The lowest BCUT2D eigenvalue weighted by molar-refractivity contribution is -0.131. The summed E-state index contributed by atoms with van der Waals surface area (Å²) in [6.07, 6.45) is 1.44. The predicted molar refractivity (Wildman–Crippen MR) is 104 cm³/mol. The molecule has 2 rings (SSSR count). The fraction of sp³-hybridized carbons (Fsp3) is 0.500. The number of piperazine rings is 1. The third-order valence-corrected chi connectivity index (χ3v) is 4.72. The van der Waals surface area contributed by atoms with Crippen LogP contribution in [0.25, 0.3) is 0 Å². The number of hydrogen-bond donors (Lipinski definition) is 1. The van der Waals surface area contributed by atoms with E-state index in [-0.39, 0.29) is 5.91 Å².